The Kier molecular flexibility index (Phi) is 4.98. The van der Waals surface area contributed by atoms with Gasteiger partial charge in [0, 0.05) is 18.6 Å². The second kappa shape index (κ2) is 5.88. The van der Waals surface area contributed by atoms with Crippen LogP contribution in [-0.4, -0.2) is 47.8 Å². The Morgan fingerprint density at radius 2 is 1.83 bits per heavy atom. The molecule has 3 N–H and O–H groups in total. The molecule has 2 saturated carbocycles. The molecule has 0 radical (unpaired) electrons. The normalized spacial score (nSPS) is 27.2. The molecule has 0 bridgehead atoms. The van der Waals surface area contributed by atoms with Crippen LogP contribution in [0.3, 0.4) is 0 Å². The number of nitrogens with two attached hydrogens (primary N) is 1. The number of halogens is 3. The van der Waals surface area contributed by atoms with Crippen LogP contribution in [0.5, 0.6) is 0 Å². The Morgan fingerprint density at radius 3 is 2.11 bits per heavy atom. The minimum absolute atomic E-state index is 0.502. The third kappa shape index (κ3) is 5.22. The molecule has 0 aromatic heterocycles. The lowest BCUT2D eigenvalue weighted by molar-refractivity contribution is -0.192. The Hall–Kier alpha value is -0.820. The Balaban J connectivity index is 0.000000203. The molecule has 0 atom stereocenters. The van der Waals surface area contributed by atoms with E-state index in [9.17, 15) is 13.2 Å². The number of nitrogens with zero attached hydrogens (tertiary/aromatic N) is 1. The second-order valence-corrected chi connectivity index (χ2v) is 5.07. The zero-order valence-corrected chi connectivity index (χ0v) is 10.3. The van der Waals surface area contributed by atoms with Crippen molar-refractivity contribution in [1.82, 2.24) is 4.90 Å². The van der Waals surface area contributed by atoms with Crippen molar-refractivity contribution in [2.24, 2.45) is 11.7 Å². The van der Waals surface area contributed by atoms with Crippen molar-refractivity contribution < 1.29 is 23.1 Å². The van der Waals surface area contributed by atoms with Crippen LogP contribution in [0.2, 0.25) is 0 Å². The highest BCUT2D eigenvalue weighted by atomic mass is 19.4. The molecule has 2 fully saturated rings. The molecule has 0 amide bonds. The molecule has 0 heterocycles. The molecule has 4 nitrogen and oxygen atoms in total. The van der Waals surface area contributed by atoms with Gasteiger partial charge in [0.05, 0.1) is 0 Å². The van der Waals surface area contributed by atoms with Crippen LogP contribution < -0.4 is 5.73 Å². The molecular formula is C11H19F3N2O2. The predicted octanol–water partition coefficient (Wildman–Crippen LogP) is 1.45. The van der Waals surface area contributed by atoms with E-state index in [2.05, 4.69) is 11.9 Å². The summed E-state index contributed by atoms with van der Waals surface area (Å²) >= 11 is 0. The van der Waals surface area contributed by atoms with Gasteiger partial charge < -0.3 is 15.7 Å². The molecule has 0 aromatic rings. The fraction of sp³-hybridized carbons (Fsp3) is 0.909. The Labute approximate surface area is 104 Å². The first-order valence-electron chi connectivity index (χ1n) is 5.96. The van der Waals surface area contributed by atoms with E-state index in [1.807, 2.05) is 0 Å². The van der Waals surface area contributed by atoms with E-state index in [1.165, 1.54) is 32.2 Å². The van der Waals surface area contributed by atoms with Gasteiger partial charge in [-0.25, -0.2) is 4.79 Å². The predicted molar refractivity (Wildman–Crippen MR) is 60.0 cm³/mol. The van der Waals surface area contributed by atoms with Gasteiger partial charge in [0.2, 0.25) is 0 Å². The number of hydrogen-bond acceptors (Lipinski definition) is 3. The molecule has 2 rings (SSSR count). The van der Waals surface area contributed by atoms with Gasteiger partial charge in [-0.15, -0.1) is 0 Å². The fourth-order valence-corrected chi connectivity index (χ4v) is 1.85. The van der Waals surface area contributed by atoms with Crippen molar-refractivity contribution in [1.29, 1.82) is 0 Å². The average molecular weight is 268 g/mol. The van der Waals surface area contributed by atoms with Gasteiger partial charge >= 0.3 is 12.1 Å². The topological polar surface area (TPSA) is 66.6 Å². The number of aliphatic carboxylic acids is 1. The van der Waals surface area contributed by atoms with Crippen LogP contribution in [0.1, 0.15) is 25.7 Å². The van der Waals surface area contributed by atoms with Crippen molar-refractivity contribution in [2.75, 3.05) is 13.6 Å². The van der Waals surface area contributed by atoms with Gasteiger partial charge in [-0.2, -0.15) is 13.2 Å². The largest absolute Gasteiger partial charge is 0.490 e. The number of rotatable bonds is 3. The summed E-state index contributed by atoms with van der Waals surface area (Å²) in [6, 6.07) is 1.31. The van der Waals surface area contributed by atoms with Crippen molar-refractivity contribution in [3.63, 3.8) is 0 Å². The number of carbonyl (C=O) groups is 1. The highest BCUT2D eigenvalue weighted by Crippen LogP contribution is 2.32. The zero-order valence-electron chi connectivity index (χ0n) is 10.3. The van der Waals surface area contributed by atoms with Crippen molar-refractivity contribution in [3.05, 3.63) is 0 Å². The molecule has 0 aliphatic heterocycles. The van der Waals surface area contributed by atoms with Crippen LogP contribution in [0, 0.1) is 5.92 Å². The molecule has 106 valence electrons. The van der Waals surface area contributed by atoms with E-state index in [1.54, 1.807) is 0 Å². The van der Waals surface area contributed by atoms with E-state index in [4.69, 9.17) is 15.6 Å². The number of carboxylic acid groups (broad SMARTS) is 1. The zero-order chi connectivity index (χ0) is 13.9. The Morgan fingerprint density at radius 1 is 1.39 bits per heavy atom. The minimum Gasteiger partial charge on any atom is -0.475 e. The number of alkyl halides is 3. The summed E-state index contributed by atoms with van der Waals surface area (Å²) in [6.45, 7) is 1.32. The highest BCUT2D eigenvalue weighted by Gasteiger charge is 2.38. The maximum absolute atomic E-state index is 10.6. The lowest BCUT2D eigenvalue weighted by Crippen LogP contribution is -2.49. The van der Waals surface area contributed by atoms with Crippen LogP contribution in [0.4, 0.5) is 13.2 Å². The molecule has 7 heteroatoms. The van der Waals surface area contributed by atoms with Crippen molar-refractivity contribution in [2.45, 2.75) is 43.9 Å². The summed E-state index contributed by atoms with van der Waals surface area (Å²) in [7, 11) is 2.24. The number of carboxylic acids is 1. The first kappa shape index (κ1) is 15.2. The smallest absolute Gasteiger partial charge is 0.475 e. The summed E-state index contributed by atoms with van der Waals surface area (Å²) in [5.74, 6) is -1.73. The van der Waals surface area contributed by atoms with Gasteiger partial charge in [0.25, 0.3) is 0 Å². The van der Waals surface area contributed by atoms with Gasteiger partial charge in [-0.1, -0.05) is 0 Å². The molecule has 0 aromatic carbocycles. The fourth-order valence-electron chi connectivity index (χ4n) is 1.85. The van der Waals surface area contributed by atoms with E-state index >= 15 is 0 Å². The lowest BCUT2D eigenvalue weighted by atomic mass is 9.86. The first-order chi connectivity index (χ1) is 8.20. The second-order valence-electron chi connectivity index (χ2n) is 5.07. The summed E-state index contributed by atoms with van der Waals surface area (Å²) in [4.78, 5) is 11.4. The van der Waals surface area contributed by atoms with Crippen molar-refractivity contribution in [3.8, 4) is 0 Å². The first-order valence-corrected chi connectivity index (χ1v) is 5.96. The highest BCUT2D eigenvalue weighted by molar-refractivity contribution is 5.73. The maximum atomic E-state index is 10.6. The van der Waals surface area contributed by atoms with E-state index in [0.717, 1.165) is 12.0 Å². The van der Waals surface area contributed by atoms with Crippen LogP contribution in [-0.2, 0) is 4.79 Å². The number of hydrogen-bond donors (Lipinski definition) is 2. The quantitative estimate of drug-likeness (QED) is 0.813. The van der Waals surface area contributed by atoms with Crippen LogP contribution in [0.25, 0.3) is 0 Å². The summed E-state index contributed by atoms with van der Waals surface area (Å²) in [6.07, 6.45) is 0.290. The molecule has 0 saturated heterocycles. The van der Waals surface area contributed by atoms with E-state index < -0.39 is 12.1 Å². The van der Waals surface area contributed by atoms with E-state index in [-0.39, 0.29) is 0 Å². The van der Waals surface area contributed by atoms with Gasteiger partial charge in [-0.3, -0.25) is 0 Å². The molecule has 2 aliphatic carbocycles. The molecule has 0 spiro atoms. The lowest BCUT2D eigenvalue weighted by Gasteiger charge is -2.39. The maximum Gasteiger partial charge on any atom is 0.490 e. The summed E-state index contributed by atoms with van der Waals surface area (Å²) < 4.78 is 31.7. The average Bonchev–Trinajstić information content (AvgIpc) is 2.96. The molecule has 2 aliphatic rings. The SMILES string of the molecule is CN(CC1CC1)C1CC(N)C1.O=C(O)C(F)(F)F. The van der Waals surface area contributed by atoms with Crippen LogP contribution >= 0.6 is 0 Å². The Bertz CT molecular complexity index is 287. The van der Waals surface area contributed by atoms with Crippen LogP contribution in [0.15, 0.2) is 0 Å². The third-order valence-corrected chi connectivity index (χ3v) is 3.26. The van der Waals surface area contributed by atoms with Crippen molar-refractivity contribution >= 4 is 5.97 Å². The monoisotopic (exact) mass is 268 g/mol. The molecular weight excluding hydrogens is 249 g/mol. The summed E-state index contributed by atoms with van der Waals surface area (Å²) in [5, 5.41) is 7.12. The minimum atomic E-state index is -5.08. The van der Waals surface area contributed by atoms with E-state index in [0.29, 0.717) is 6.04 Å². The third-order valence-electron chi connectivity index (χ3n) is 3.26. The van der Waals surface area contributed by atoms with Gasteiger partial charge in [0.15, 0.2) is 0 Å². The van der Waals surface area contributed by atoms with Gasteiger partial charge in [0.1, 0.15) is 0 Å². The summed E-state index contributed by atoms with van der Waals surface area (Å²) in [5.41, 5.74) is 5.73. The van der Waals surface area contributed by atoms with Gasteiger partial charge in [-0.05, 0) is 38.6 Å². The standard InChI is InChI=1S/C9H18N2.C2HF3O2/c1-11(6-7-2-3-7)9-4-8(10)5-9;3-2(4,5)1(6)7/h7-9H,2-6,10H2,1H3;(H,6,7). The molecule has 18 heavy (non-hydrogen) atoms. The molecule has 0 unspecified atom stereocenters.